The number of aromatic nitrogens is 2. The van der Waals surface area contributed by atoms with Gasteiger partial charge in [-0.2, -0.15) is 5.10 Å². The zero-order valence-electron chi connectivity index (χ0n) is 13.9. The molecule has 2 heterocycles. The van der Waals surface area contributed by atoms with Gasteiger partial charge < -0.3 is 20.6 Å². The quantitative estimate of drug-likeness (QED) is 0.866. The molecule has 1 aliphatic heterocycles. The number of rotatable bonds is 3. The third kappa shape index (κ3) is 3.12. The molecule has 132 valence electrons. The molecule has 0 radical (unpaired) electrons. The van der Waals surface area contributed by atoms with Crippen LogP contribution in [0.1, 0.15) is 16.1 Å². The van der Waals surface area contributed by atoms with Gasteiger partial charge in [-0.3, -0.25) is 9.48 Å². The Bertz CT molecular complexity index is 862. The smallest absolute Gasteiger partial charge is 0.407 e. The van der Waals surface area contributed by atoms with E-state index in [1.54, 1.807) is 16.8 Å². The lowest BCUT2D eigenvalue weighted by Gasteiger charge is -2.25. The van der Waals surface area contributed by atoms with Crippen LogP contribution in [0, 0.1) is 0 Å². The number of nitrogens with zero attached hydrogens (tertiary/aromatic N) is 4. The van der Waals surface area contributed by atoms with Gasteiger partial charge in [-0.05, 0) is 18.2 Å². The van der Waals surface area contributed by atoms with E-state index < -0.39 is 12.0 Å². The molecule has 0 saturated carbocycles. The van der Waals surface area contributed by atoms with Crippen molar-refractivity contribution in [2.24, 2.45) is 5.73 Å². The molecule has 25 heavy (non-hydrogen) atoms. The lowest BCUT2D eigenvalue weighted by atomic mass is 10.0. The summed E-state index contributed by atoms with van der Waals surface area (Å²) in [5.74, 6) is -0.644. The van der Waals surface area contributed by atoms with Crippen LogP contribution >= 0.6 is 11.6 Å². The number of nitrogens with two attached hydrogens (primary N) is 1. The maximum Gasteiger partial charge on any atom is 0.407 e. The minimum atomic E-state index is -1.04. The molecule has 0 atom stereocenters. The van der Waals surface area contributed by atoms with Gasteiger partial charge in [-0.15, -0.1) is 0 Å². The number of hydrogen-bond acceptors (Lipinski definition) is 4. The van der Waals surface area contributed by atoms with Crippen LogP contribution in [-0.4, -0.2) is 52.4 Å². The van der Waals surface area contributed by atoms with Crippen molar-refractivity contribution >= 4 is 29.3 Å². The molecule has 1 aromatic heterocycles. The van der Waals surface area contributed by atoms with Gasteiger partial charge in [-0.25, -0.2) is 4.79 Å². The summed E-state index contributed by atoms with van der Waals surface area (Å²) in [6, 6.07) is 5.38. The fourth-order valence-electron chi connectivity index (χ4n) is 2.91. The highest BCUT2D eigenvalue weighted by molar-refractivity contribution is 6.31. The Hall–Kier alpha value is -2.74. The van der Waals surface area contributed by atoms with Crippen LogP contribution in [-0.2, 0) is 13.1 Å². The fraction of sp³-hybridized carbons (Fsp3) is 0.312. The summed E-state index contributed by atoms with van der Waals surface area (Å²) < 4.78 is 1.64. The van der Waals surface area contributed by atoms with Crippen molar-refractivity contribution in [2.45, 2.75) is 13.1 Å². The fourth-order valence-corrected chi connectivity index (χ4v) is 3.14. The van der Waals surface area contributed by atoms with Crippen LogP contribution in [0.25, 0.3) is 11.3 Å². The van der Waals surface area contributed by atoms with E-state index in [0.29, 0.717) is 35.1 Å². The highest BCUT2D eigenvalue weighted by Crippen LogP contribution is 2.32. The van der Waals surface area contributed by atoms with Crippen molar-refractivity contribution < 1.29 is 14.7 Å². The van der Waals surface area contributed by atoms with Gasteiger partial charge >= 0.3 is 6.09 Å². The van der Waals surface area contributed by atoms with Gasteiger partial charge in [0.15, 0.2) is 0 Å². The molecule has 2 amide bonds. The van der Waals surface area contributed by atoms with Gasteiger partial charge in [0.1, 0.15) is 5.69 Å². The monoisotopic (exact) mass is 363 g/mol. The molecular formula is C16H18ClN5O3. The number of halogens is 1. The standard InChI is InChI=1S/C16H18ClN5O3/c1-20(2)11-6-9(5-10(17)7-11)14-13(15(18)23)12-8-21(16(24)25)3-4-22(12)19-14/h5-7H,3-4,8H2,1-2H3,(H2,18,23)(H,24,25). The van der Waals surface area contributed by atoms with Gasteiger partial charge in [0, 0.05) is 36.9 Å². The lowest BCUT2D eigenvalue weighted by Crippen LogP contribution is -2.38. The number of fused-ring (bicyclic) bond motifs is 1. The Balaban J connectivity index is 2.16. The average Bonchev–Trinajstić information content (AvgIpc) is 2.92. The molecule has 2 aromatic rings. The maximum absolute atomic E-state index is 12.1. The van der Waals surface area contributed by atoms with Crippen molar-refractivity contribution in [3.8, 4) is 11.3 Å². The van der Waals surface area contributed by atoms with E-state index in [1.807, 2.05) is 25.1 Å². The second kappa shape index (κ2) is 6.29. The SMILES string of the molecule is CN(C)c1cc(Cl)cc(-c2nn3c(c2C(N)=O)CN(C(=O)O)CC3)c1. The van der Waals surface area contributed by atoms with E-state index in [-0.39, 0.29) is 12.1 Å². The molecule has 1 aliphatic rings. The molecule has 0 saturated heterocycles. The third-order valence-electron chi connectivity index (χ3n) is 4.17. The predicted octanol–water partition coefficient (Wildman–Crippen LogP) is 1.86. The summed E-state index contributed by atoms with van der Waals surface area (Å²) in [6.45, 7) is 0.741. The van der Waals surface area contributed by atoms with Crippen molar-refractivity contribution in [2.75, 3.05) is 25.5 Å². The highest BCUT2D eigenvalue weighted by Gasteiger charge is 2.29. The second-order valence-electron chi connectivity index (χ2n) is 6.05. The highest BCUT2D eigenvalue weighted by atomic mass is 35.5. The minimum Gasteiger partial charge on any atom is -0.465 e. The summed E-state index contributed by atoms with van der Waals surface area (Å²) in [5.41, 5.74) is 8.25. The number of amides is 2. The zero-order valence-corrected chi connectivity index (χ0v) is 14.6. The van der Waals surface area contributed by atoms with Gasteiger partial charge in [0.25, 0.3) is 5.91 Å². The minimum absolute atomic E-state index is 0.0711. The lowest BCUT2D eigenvalue weighted by molar-refractivity contribution is 0.0993. The maximum atomic E-state index is 12.1. The molecule has 3 rings (SSSR count). The summed E-state index contributed by atoms with van der Waals surface area (Å²) in [4.78, 5) is 26.4. The Kier molecular flexibility index (Phi) is 4.30. The zero-order chi connectivity index (χ0) is 18.3. The summed E-state index contributed by atoms with van der Waals surface area (Å²) in [5, 5.41) is 14.2. The van der Waals surface area contributed by atoms with E-state index in [2.05, 4.69) is 5.10 Å². The number of primary amides is 1. The molecular weight excluding hydrogens is 346 g/mol. The number of carbonyl (C=O) groups excluding carboxylic acids is 1. The Morgan fingerprint density at radius 1 is 1.28 bits per heavy atom. The molecule has 0 bridgehead atoms. The largest absolute Gasteiger partial charge is 0.465 e. The predicted molar refractivity (Wildman–Crippen MR) is 94.0 cm³/mol. The number of carboxylic acid groups (broad SMARTS) is 1. The first-order valence-corrected chi connectivity index (χ1v) is 8.01. The van der Waals surface area contributed by atoms with Gasteiger partial charge in [0.05, 0.1) is 24.3 Å². The first-order valence-electron chi connectivity index (χ1n) is 7.63. The normalized spacial score (nSPS) is 13.5. The Morgan fingerprint density at radius 2 is 2.00 bits per heavy atom. The van der Waals surface area contributed by atoms with E-state index in [4.69, 9.17) is 17.3 Å². The van der Waals surface area contributed by atoms with E-state index >= 15 is 0 Å². The van der Waals surface area contributed by atoms with E-state index in [1.165, 1.54) is 4.90 Å². The van der Waals surface area contributed by atoms with Crippen LogP contribution in [0.3, 0.4) is 0 Å². The second-order valence-corrected chi connectivity index (χ2v) is 6.49. The molecule has 0 fully saturated rings. The number of anilines is 1. The average molecular weight is 364 g/mol. The molecule has 1 aromatic carbocycles. The molecule has 3 N–H and O–H groups in total. The van der Waals surface area contributed by atoms with Crippen molar-refractivity contribution in [3.63, 3.8) is 0 Å². The summed E-state index contributed by atoms with van der Waals surface area (Å²) in [6.07, 6.45) is -1.04. The van der Waals surface area contributed by atoms with Crippen molar-refractivity contribution in [1.82, 2.24) is 14.7 Å². The molecule has 9 heteroatoms. The number of benzene rings is 1. The van der Waals surface area contributed by atoms with Crippen LogP contribution in [0.4, 0.5) is 10.5 Å². The van der Waals surface area contributed by atoms with Crippen LogP contribution in [0.2, 0.25) is 5.02 Å². The van der Waals surface area contributed by atoms with Crippen molar-refractivity contribution in [1.29, 1.82) is 0 Å². The van der Waals surface area contributed by atoms with Gasteiger partial charge in [-0.1, -0.05) is 11.6 Å². The van der Waals surface area contributed by atoms with Crippen molar-refractivity contribution in [3.05, 3.63) is 34.5 Å². The Morgan fingerprint density at radius 3 is 2.60 bits per heavy atom. The first-order chi connectivity index (χ1) is 11.8. The Labute approximate surface area is 149 Å². The number of carbonyl (C=O) groups is 2. The van der Waals surface area contributed by atoms with E-state index in [0.717, 1.165) is 5.69 Å². The van der Waals surface area contributed by atoms with Crippen LogP contribution < -0.4 is 10.6 Å². The molecule has 0 unspecified atom stereocenters. The topological polar surface area (TPSA) is 105 Å². The van der Waals surface area contributed by atoms with Gasteiger partial charge in [0.2, 0.25) is 0 Å². The molecule has 0 spiro atoms. The number of hydrogen-bond donors (Lipinski definition) is 2. The van der Waals surface area contributed by atoms with E-state index in [9.17, 15) is 14.7 Å². The summed E-state index contributed by atoms with van der Waals surface area (Å²) in [7, 11) is 3.76. The van der Waals surface area contributed by atoms with Crippen LogP contribution in [0.15, 0.2) is 18.2 Å². The summed E-state index contributed by atoms with van der Waals surface area (Å²) >= 11 is 6.20. The molecule has 0 aliphatic carbocycles. The van der Waals surface area contributed by atoms with Crippen LogP contribution in [0.5, 0.6) is 0 Å². The first kappa shape index (κ1) is 17.1. The third-order valence-corrected chi connectivity index (χ3v) is 4.39. The molecule has 8 nitrogen and oxygen atoms in total.